The fourth-order valence-electron chi connectivity index (χ4n) is 3.03. The number of morpholine rings is 1. The second-order valence-corrected chi connectivity index (χ2v) is 5.61. The van der Waals surface area contributed by atoms with E-state index in [1.807, 2.05) is 0 Å². The summed E-state index contributed by atoms with van der Waals surface area (Å²) in [5.41, 5.74) is 5.51. The van der Waals surface area contributed by atoms with Gasteiger partial charge in [-0.05, 0) is 19.3 Å². The molecule has 0 spiro atoms. The summed E-state index contributed by atoms with van der Waals surface area (Å²) in [6, 6.07) is 0. The van der Waals surface area contributed by atoms with Crippen molar-refractivity contribution in [2.24, 2.45) is 17.6 Å². The van der Waals surface area contributed by atoms with Crippen LogP contribution >= 0.6 is 12.4 Å². The Morgan fingerprint density at radius 2 is 2.05 bits per heavy atom. The fraction of sp³-hybridized carbons (Fsp3) is 0.923. The number of hydrogen-bond acceptors (Lipinski definition) is 3. The molecule has 0 aromatic heterocycles. The van der Waals surface area contributed by atoms with Crippen molar-refractivity contribution in [1.82, 2.24) is 4.90 Å². The molecule has 3 unspecified atom stereocenters. The number of alkyl halides is 3. The summed E-state index contributed by atoms with van der Waals surface area (Å²) >= 11 is 0. The minimum atomic E-state index is -4.19. The van der Waals surface area contributed by atoms with E-state index in [1.54, 1.807) is 4.90 Å². The van der Waals surface area contributed by atoms with Crippen LogP contribution in [0.25, 0.3) is 0 Å². The summed E-state index contributed by atoms with van der Waals surface area (Å²) in [6.45, 7) is 1.56. The van der Waals surface area contributed by atoms with E-state index in [9.17, 15) is 18.0 Å². The summed E-state index contributed by atoms with van der Waals surface area (Å²) in [4.78, 5) is 14.0. The maximum Gasteiger partial charge on any atom is 0.391 e. The predicted octanol–water partition coefficient (Wildman–Crippen LogP) is 1.96. The number of carbonyl (C=O) groups excluding carboxylic acids is 1. The number of halogens is 4. The van der Waals surface area contributed by atoms with Gasteiger partial charge in [0.25, 0.3) is 0 Å². The molecule has 1 aliphatic carbocycles. The van der Waals surface area contributed by atoms with Gasteiger partial charge in [0.15, 0.2) is 0 Å². The van der Waals surface area contributed by atoms with Crippen molar-refractivity contribution in [3.8, 4) is 0 Å². The lowest BCUT2D eigenvalue weighted by Gasteiger charge is -2.37. The van der Waals surface area contributed by atoms with Gasteiger partial charge < -0.3 is 15.4 Å². The van der Waals surface area contributed by atoms with Crippen LogP contribution in [0, 0.1) is 11.8 Å². The van der Waals surface area contributed by atoms with E-state index in [4.69, 9.17) is 10.5 Å². The number of ether oxygens (including phenoxy) is 1. The highest BCUT2D eigenvalue weighted by molar-refractivity contribution is 5.85. The van der Waals surface area contributed by atoms with E-state index in [0.29, 0.717) is 39.1 Å². The maximum atomic E-state index is 12.8. The molecule has 1 aliphatic heterocycles. The van der Waals surface area contributed by atoms with E-state index in [0.717, 1.165) is 0 Å². The molecule has 0 bridgehead atoms. The molecule has 2 N–H and O–H groups in total. The first kappa shape index (κ1) is 18.5. The Hall–Kier alpha value is -0.530. The quantitative estimate of drug-likeness (QED) is 0.842. The smallest absolute Gasteiger partial charge is 0.373 e. The van der Waals surface area contributed by atoms with Gasteiger partial charge in [0.2, 0.25) is 5.91 Å². The fourth-order valence-corrected chi connectivity index (χ4v) is 3.03. The number of nitrogens with zero attached hydrogens (tertiary/aromatic N) is 1. The maximum absolute atomic E-state index is 12.8. The van der Waals surface area contributed by atoms with Crippen molar-refractivity contribution in [3.05, 3.63) is 0 Å². The molecule has 0 aromatic rings. The third-order valence-corrected chi connectivity index (χ3v) is 4.20. The van der Waals surface area contributed by atoms with Crippen LogP contribution in [-0.4, -0.2) is 49.3 Å². The Bertz CT molecular complexity index is 355. The first-order valence-corrected chi connectivity index (χ1v) is 7.09. The van der Waals surface area contributed by atoms with Crippen LogP contribution in [0.1, 0.15) is 25.7 Å². The number of nitrogens with two attached hydrogens (primary N) is 1. The molecule has 21 heavy (non-hydrogen) atoms. The summed E-state index contributed by atoms with van der Waals surface area (Å²) in [6.07, 6.45) is -3.31. The first-order valence-electron chi connectivity index (χ1n) is 7.09. The minimum absolute atomic E-state index is 0. The summed E-state index contributed by atoms with van der Waals surface area (Å²) in [5, 5.41) is 0. The van der Waals surface area contributed by atoms with Crippen molar-refractivity contribution in [3.63, 3.8) is 0 Å². The molecule has 2 fully saturated rings. The van der Waals surface area contributed by atoms with Crippen molar-refractivity contribution < 1.29 is 22.7 Å². The molecule has 2 rings (SSSR count). The lowest BCUT2D eigenvalue weighted by molar-refractivity contribution is -0.187. The zero-order valence-electron chi connectivity index (χ0n) is 11.8. The van der Waals surface area contributed by atoms with Crippen LogP contribution in [0.4, 0.5) is 13.2 Å². The number of amides is 1. The van der Waals surface area contributed by atoms with Gasteiger partial charge in [-0.3, -0.25) is 4.79 Å². The number of rotatable bonds is 2. The summed E-state index contributed by atoms with van der Waals surface area (Å²) in [5.74, 6) is -2.01. The molecule has 2 aliphatic rings. The molecule has 4 nitrogen and oxygen atoms in total. The van der Waals surface area contributed by atoms with E-state index >= 15 is 0 Å². The van der Waals surface area contributed by atoms with Crippen molar-refractivity contribution in [2.75, 3.05) is 26.2 Å². The van der Waals surface area contributed by atoms with Gasteiger partial charge >= 0.3 is 6.18 Å². The standard InChI is InChI=1S/C13H21F3N2O2.ClH/c14-13(15,16)10-3-1-2-9(6-10)12(19)18-4-5-20-11(7-17)8-18;/h9-11H,1-8,17H2;1H. The van der Waals surface area contributed by atoms with Crippen LogP contribution in [0.5, 0.6) is 0 Å². The van der Waals surface area contributed by atoms with Gasteiger partial charge in [0.05, 0.1) is 18.6 Å². The Kier molecular flexibility index (Phi) is 6.74. The second-order valence-electron chi connectivity index (χ2n) is 5.61. The molecule has 1 saturated carbocycles. The van der Waals surface area contributed by atoms with Gasteiger partial charge in [-0.15, -0.1) is 12.4 Å². The van der Waals surface area contributed by atoms with Crippen molar-refractivity contribution in [2.45, 2.75) is 38.0 Å². The summed E-state index contributed by atoms with van der Waals surface area (Å²) < 4.78 is 43.7. The number of hydrogen-bond donors (Lipinski definition) is 1. The SMILES string of the molecule is Cl.NCC1CN(C(=O)C2CCCC(C(F)(F)F)C2)CCO1. The lowest BCUT2D eigenvalue weighted by atomic mass is 9.80. The molecular formula is C13H22ClF3N2O2. The Labute approximate surface area is 128 Å². The topological polar surface area (TPSA) is 55.6 Å². The predicted molar refractivity (Wildman–Crippen MR) is 74.1 cm³/mol. The molecule has 0 radical (unpaired) electrons. The highest BCUT2D eigenvalue weighted by Gasteiger charge is 2.44. The van der Waals surface area contributed by atoms with E-state index < -0.39 is 18.0 Å². The molecule has 0 aromatic carbocycles. The van der Waals surface area contributed by atoms with Gasteiger partial charge in [0, 0.05) is 25.6 Å². The van der Waals surface area contributed by atoms with Crippen molar-refractivity contribution in [1.29, 1.82) is 0 Å². The van der Waals surface area contributed by atoms with Crippen LogP contribution in [0.15, 0.2) is 0 Å². The molecule has 1 heterocycles. The third kappa shape index (κ3) is 4.72. The largest absolute Gasteiger partial charge is 0.391 e. The van der Waals surface area contributed by atoms with Gasteiger partial charge in [-0.1, -0.05) is 6.42 Å². The van der Waals surface area contributed by atoms with Crippen LogP contribution in [-0.2, 0) is 9.53 Å². The third-order valence-electron chi connectivity index (χ3n) is 4.20. The van der Waals surface area contributed by atoms with Crippen molar-refractivity contribution >= 4 is 18.3 Å². The van der Waals surface area contributed by atoms with E-state index in [-0.39, 0.29) is 37.3 Å². The normalized spacial score (nSPS) is 30.7. The molecule has 1 amide bonds. The Morgan fingerprint density at radius 3 is 2.67 bits per heavy atom. The van der Waals surface area contributed by atoms with Crippen LogP contribution < -0.4 is 5.73 Å². The van der Waals surface area contributed by atoms with E-state index in [2.05, 4.69) is 0 Å². The summed E-state index contributed by atoms with van der Waals surface area (Å²) in [7, 11) is 0. The van der Waals surface area contributed by atoms with Crippen LogP contribution in [0.2, 0.25) is 0 Å². The second kappa shape index (κ2) is 7.65. The average Bonchev–Trinajstić information content (AvgIpc) is 2.46. The van der Waals surface area contributed by atoms with Gasteiger partial charge in [0.1, 0.15) is 0 Å². The minimum Gasteiger partial charge on any atom is -0.373 e. The van der Waals surface area contributed by atoms with Gasteiger partial charge in [-0.2, -0.15) is 13.2 Å². The Morgan fingerprint density at radius 1 is 1.33 bits per heavy atom. The highest BCUT2D eigenvalue weighted by atomic mass is 35.5. The molecule has 3 atom stereocenters. The highest BCUT2D eigenvalue weighted by Crippen LogP contribution is 2.40. The lowest BCUT2D eigenvalue weighted by Crippen LogP contribution is -2.50. The first-order chi connectivity index (χ1) is 9.41. The molecule has 124 valence electrons. The molecule has 1 saturated heterocycles. The van der Waals surface area contributed by atoms with E-state index in [1.165, 1.54) is 0 Å². The van der Waals surface area contributed by atoms with Crippen LogP contribution in [0.3, 0.4) is 0 Å². The van der Waals surface area contributed by atoms with Gasteiger partial charge in [-0.25, -0.2) is 0 Å². The monoisotopic (exact) mass is 330 g/mol. The average molecular weight is 331 g/mol. The zero-order valence-corrected chi connectivity index (χ0v) is 12.6. The Balaban J connectivity index is 0.00000220. The number of carbonyl (C=O) groups is 1. The molecule has 8 heteroatoms. The zero-order chi connectivity index (χ0) is 14.8. The molecular weight excluding hydrogens is 309 g/mol.